The summed E-state index contributed by atoms with van der Waals surface area (Å²) >= 11 is 1.69. The van der Waals surface area contributed by atoms with Crippen LogP contribution < -0.4 is 5.73 Å². The number of hydrogen-bond donors (Lipinski definition) is 1. The van der Waals surface area contributed by atoms with Gasteiger partial charge in [0.25, 0.3) is 0 Å². The van der Waals surface area contributed by atoms with E-state index >= 15 is 0 Å². The van der Waals surface area contributed by atoms with Crippen molar-refractivity contribution in [3.05, 3.63) is 41.3 Å². The molecule has 96 valence electrons. The van der Waals surface area contributed by atoms with Gasteiger partial charge in [0, 0.05) is 31.0 Å². The van der Waals surface area contributed by atoms with Crippen LogP contribution in [0.15, 0.2) is 29.6 Å². The number of aromatic nitrogens is 3. The summed E-state index contributed by atoms with van der Waals surface area (Å²) in [5.41, 5.74) is 9.27. The lowest BCUT2D eigenvalue weighted by Gasteiger charge is -2.12. The van der Waals surface area contributed by atoms with Crippen molar-refractivity contribution in [2.24, 2.45) is 12.8 Å². The third kappa shape index (κ3) is 3.11. The molecule has 2 aromatic rings. The van der Waals surface area contributed by atoms with Crippen LogP contribution in [-0.4, -0.2) is 21.3 Å². The van der Waals surface area contributed by atoms with E-state index in [0.717, 1.165) is 16.3 Å². The fourth-order valence-corrected chi connectivity index (χ4v) is 2.97. The quantitative estimate of drug-likeness (QED) is 0.858. The van der Waals surface area contributed by atoms with Crippen LogP contribution in [0.25, 0.3) is 0 Å². The molecule has 0 aliphatic carbocycles. The minimum absolute atomic E-state index is 0.201. The first-order valence-corrected chi connectivity index (χ1v) is 6.77. The topological polar surface area (TPSA) is 56.7 Å². The summed E-state index contributed by atoms with van der Waals surface area (Å²) < 4.78 is 1.80. The molecule has 1 atom stereocenters. The van der Waals surface area contributed by atoms with E-state index in [4.69, 9.17) is 5.73 Å². The molecule has 2 rings (SSSR count). The number of pyridine rings is 1. The van der Waals surface area contributed by atoms with Gasteiger partial charge in [-0.15, -0.1) is 0 Å². The fourth-order valence-electron chi connectivity index (χ4n) is 1.87. The summed E-state index contributed by atoms with van der Waals surface area (Å²) in [6, 6.07) is 4.17. The Bertz CT molecular complexity index is 515. The molecule has 0 amide bonds. The monoisotopic (exact) mass is 262 g/mol. The molecule has 1 unspecified atom stereocenters. The molecule has 2 N–H and O–H groups in total. The van der Waals surface area contributed by atoms with Crippen LogP contribution in [0, 0.1) is 13.8 Å². The fraction of sp³-hybridized carbons (Fsp3) is 0.385. The molecule has 2 heterocycles. The number of hydrogen-bond acceptors (Lipinski definition) is 4. The lowest BCUT2D eigenvalue weighted by molar-refractivity contribution is 0.766. The Kier molecular flexibility index (Phi) is 4.04. The van der Waals surface area contributed by atoms with Crippen LogP contribution >= 0.6 is 11.8 Å². The highest BCUT2D eigenvalue weighted by Crippen LogP contribution is 2.33. The Morgan fingerprint density at radius 2 is 2.17 bits per heavy atom. The SMILES string of the molecule is Cc1cc(C)nc(SC(CN)c2cnn(C)c2)c1. The number of rotatable bonds is 4. The molecule has 0 bridgehead atoms. The van der Waals surface area contributed by atoms with E-state index in [1.165, 1.54) is 5.56 Å². The van der Waals surface area contributed by atoms with Crippen molar-refractivity contribution < 1.29 is 0 Å². The van der Waals surface area contributed by atoms with E-state index in [1.54, 1.807) is 16.4 Å². The molecule has 18 heavy (non-hydrogen) atoms. The van der Waals surface area contributed by atoms with Crippen LogP contribution in [0.1, 0.15) is 22.1 Å². The smallest absolute Gasteiger partial charge is 0.0972 e. The van der Waals surface area contributed by atoms with Gasteiger partial charge in [-0.2, -0.15) is 5.10 Å². The Hall–Kier alpha value is -1.33. The Labute approximate surface area is 112 Å². The second kappa shape index (κ2) is 5.54. The standard InChI is InChI=1S/C13H18N4S/c1-9-4-10(2)16-13(5-9)18-12(6-14)11-7-15-17(3)8-11/h4-5,7-8,12H,6,14H2,1-3H3. The molecule has 0 radical (unpaired) electrons. The van der Waals surface area contributed by atoms with Crippen LogP contribution in [-0.2, 0) is 7.05 Å². The van der Waals surface area contributed by atoms with E-state index in [9.17, 15) is 0 Å². The zero-order valence-electron chi connectivity index (χ0n) is 10.9. The van der Waals surface area contributed by atoms with E-state index in [2.05, 4.69) is 29.1 Å². The first-order chi connectivity index (χ1) is 8.58. The van der Waals surface area contributed by atoms with Gasteiger partial charge in [0.2, 0.25) is 0 Å². The van der Waals surface area contributed by atoms with Crippen molar-refractivity contribution in [2.45, 2.75) is 24.1 Å². The van der Waals surface area contributed by atoms with Crippen molar-refractivity contribution in [1.29, 1.82) is 0 Å². The van der Waals surface area contributed by atoms with E-state index < -0.39 is 0 Å². The van der Waals surface area contributed by atoms with Gasteiger partial charge in [-0.05, 0) is 31.5 Å². The van der Waals surface area contributed by atoms with Crippen LogP contribution in [0.3, 0.4) is 0 Å². The van der Waals surface area contributed by atoms with Crippen molar-refractivity contribution in [3.63, 3.8) is 0 Å². The zero-order valence-corrected chi connectivity index (χ0v) is 11.7. The Balaban J connectivity index is 2.20. The molecule has 4 nitrogen and oxygen atoms in total. The third-order valence-electron chi connectivity index (χ3n) is 2.65. The van der Waals surface area contributed by atoms with Crippen LogP contribution in [0.2, 0.25) is 0 Å². The molecule has 0 aliphatic heterocycles. The highest BCUT2D eigenvalue weighted by Gasteiger charge is 2.14. The largest absolute Gasteiger partial charge is 0.329 e. The molecule has 0 aromatic carbocycles. The van der Waals surface area contributed by atoms with Gasteiger partial charge in [-0.1, -0.05) is 11.8 Å². The molecular weight excluding hydrogens is 244 g/mol. The number of thioether (sulfide) groups is 1. The van der Waals surface area contributed by atoms with Crippen LogP contribution in [0.4, 0.5) is 0 Å². The summed E-state index contributed by atoms with van der Waals surface area (Å²) in [4.78, 5) is 4.53. The molecule has 5 heteroatoms. The summed E-state index contributed by atoms with van der Waals surface area (Å²) in [6.45, 7) is 4.67. The van der Waals surface area contributed by atoms with Gasteiger partial charge in [0.05, 0.1) is 16.5 Å². The predicted octanol–water partition coefficient (Wildman–Crippen LogP) is 2.22. The molecular formula is C13H18N4S. The Morgan fingerprint density at radius 1 is 1.39 bits per heavy atom. The van der Waals surface area contributed by atoms with Crippen molar-refractivity contribution in [1.82, 2.24) is 14.8 Å². The van der Waals surface area contributed by atoms with Gasteiger partial charge in [-0.25, -0.2) is 4.98 Å². The number of nitrogens with two attached hydrogens (primary N) is 1. The van der Waals surface area contributed by atoms with Gasteiger partial charge < -0.3 is 5.73 Å². The molecule has 0 aliphatic rings. The van der Waals surface area contributed by atoms with E-state index in [-0.39, 0.29) is 5.25 Å². The van der Waals surface area contributed by atoms with Crippen molar-refractivity contribution in [2.75, 3.05) is 6.54 Å². The van der Waals surface area contributed by atoms with Crippen LogP contribution in [0.5, 0.6) is 0 Å². The average Bonchev–Trinajstić information content (AvgIpc) is 2.71. The molecule has 0 saturated carbocycles. The maximum atomic E-state index is 5.85. The number of aryl methyl sites for hydroxylation is 3. The highest BCUT2D eigenvalue weighted by molar-refractivity contribution is 7.99. The van der Waals surface area contributed by atoms with Gasteiger partial charge in [0.1, 0.15) is 0 Å². The first kappa shape index (κ1) is 13.1. The minimum Gasteiger partial charge on any atom is -0.329 e. The van der Waals surface area contributed by atoms with Crippen molar-refractivity contribution >= 4 is 11.8 Å². The normalized spacial score (nSPS) is 12.7. The molecule has 0 fully saturated rings. The third-order valence-corrected chi connectivity index (χ3v) is 3.85. The summed E-state index contributed by atoms with van der Waals surface area (Å²) in [6.07, 6.45) is 3.88. The zero-order chi connectivity index (χ0) is 13.1. The Morgan fingerprint density at radius 3 is 2.72 bits per heavy atom. The average molecular weight is 262 g/mol. The highest BCUT2D eigenvalue weighted by atomic mass is 32.2. The summed E-state index contributed by atoms with van der Waals surface area (Å²) in [5, 5.41) is 5.41. The molecule has 2 aromatic heterocycles. The van der Waals surface area contributed by atoms with Gasteiger partial charge >= 0.3 is 0 Å². The van der Waals surface area contributed by atoms with E-state index in [0.29, 0.717) is 6.54 Å². The van der Waals surface area contributed by atoms with E-state index in [1.807, 2.05) is 26.4 Å². The second-order valence-corrected chi connectivity index (χ2v) is 5.64. The first-order valence-electron chi connectivity index (χ1n) is 5.89. The number of nitrogens with zero attached hydrogens (tertiary/aromatic N) is 3. The van der Waals surface area contributed by atoms with Crippen molar-refractivity contribution in [3.8, 4) is 0 Å². The lowest BCUT2D eigenvalue weighted by Crippen LogP contribution is -2.09. The van der Waals surface area contributed by atoms with Gasteiger partial charge in [-0.3, -0.25) is 4.68 Å². The maximum Gasteiger partial charge on any atom is 0.0972 e. The molecule has 0 saturated heterocycles. The predicted molar refractivity (Wildman–Crippen MR) is 74.6 cm³/mol. The van der Waals surface area contributed by atoms with Gasteiger partial charge in [0.15, 0.2) is 0 Å². The second-order valence-electron chi connectivity index (χ2n) is 4.41. The summed E-state index contributed by atoms with van der Waals surface area (Å²) in [7, 11) is 1.91. The molecule has 0 spiro atoms. The minimum atomic E-state index is 0.201. The summed E-state index contributed by atoms with van der Waals surface area (Å²) in [5.74, 6) is 0. The lowest BCUT2D eigenvalue weighted by atomic mass is 10.2. The maximum absolute atomic E-state index is 5.85.